The van der Waals surface area contributed by atoms with Crippen LogP contribution in [-0.4, -0.2) is 38.9 Å². The second-order valence-electron chi connectivity index (χ2n) is 6.95. The number of phenols is 1. The van der Waals surface area contributed by atoms with Crippen molar-refractivity contribution < 1.29 is 34.1 Å². The molecule has 1 aliphatic rings. The molecule has 0 bridgehead atoms. The van der Waals surface area contributed by atoms with Crippen LogP contribution in [0.25, 0.3) is 17.4 Å². The van der Waals surface area contributed by atoms with Gasteiger partial charge in [0.2, 0.25) is 0 Å². The lowest BCUT2D eigenvalue weighted by Crippen LogP contribution is -2.21. The number of rotatable bonds is 5. The standard InChI is InChI=1S/C23H16N2O7/c1-12-18(21(27)25(24-12)15-4-2-3-14(9-15)22(28)29)11-16-6-8-20(32-16)13-5-7-17(23(30)31)19(26)10-13/h2-11,26H,1H3,(H,28,29)(H,30,31)/b18-11-. The van der Waals surface area contributed by atoms with E-state index in [1.807, 2.05) is 0 Å². The number of carboxylic acids is 2. The van der Waals surface area contributed by atoms with Gasteiger partial charge in [-0.3, -0.25) is 4.79 Å². The second-order valence-corrected chi connectivity index (χ2v) is 6.95. The molecule has 0 saturated heterocycles. The number of aromatic carboxylic acids is 2. The number of carboxylic acid groups (broad SMARTS) is 2. The van der Waals surface area contributed by atoms with Crippen LogP contribution in [0.5, 0.6) is 5.75 Å². The minimum Gasteiger partial charge on any atom is -0.507 e. The van der Waals surface area contributed by atoms with Crippen molar-refractivity contribution in [2.45, 2.75) is 6.92 Å². The van der Waals surface area contributed by atoms with E-state index in [2.05, 4.69) is 5.10 Å². The first kappa shape index (κ1) is 20.6. The van der Waals surface area contributed by atoms with Gasteiger partial charge in [0.25, 0.3) is 5.91 Å². The van der Waals surface area contributed by atoms with E-state index in [-0.39, 0.29) is 22.4 Å². The molecule has 3 N–H and O–H groups in total. The van der Waals surface area contributed by atoms with Gasteiger partial charge in [0, 0.05) is 5.56 Å². The van der Waals surface area contributed by atoms with Gasteiger partial charge in [0.05, 0.1) is 22.5 Å². The van der Waals surface area contributed by atoms with Crippen molar-refractivity contribution in [2.75, 3.05) is 5.01 Å². The minimum atomic E-state index is -1.24. The summed E-state index contributed by atoms with van der Waals surface area (Å²) >= 11 is 0. The highest BCUT2D eigenvalue weighted by Crippen LogP contribution is 2.30. The van der Waals surface area contributed by atoms with Gasteiger partial charge in [-0.15, -0.1) is 0 Å². The molecule has 0 spiro atoms. The van der Waals surface area contributed by atoms with Crippen molar-refractivity contribution in [3.05, 3.63) is 77.1 Å². The van der Waals surface area contributed by atoms with E-state index < -0.39 is 17.8 Å². The number of carbonyl (C=O) groups excluding carboxylic acids is 1. The molecule has 3 aromatic rings. The van der Waals surface area contributed by atoms with Gasteiger partial charge >= 0.3 is 11.9 Å². The van der Waals surface area contributed by atoms with Crippen LogP contribution in [-0.2, 0) is 4.79 Å². The van der Waals surface area contributed by atoms with Gasteiger partial charge in [0.15, 0.2) is 0 Å². The Morgan fingerprint density at radius 2 is 1.81 bits per heavy atom. The molecule has 1 aromatic heterocycles. The van der Waals surface area contributed by atoms with Crippen LogP contribution in [0.4, 0.5) is 5.69 Å². The van der Waals surface area contributed by atoms with Crippen molar-refractivity contribution in [3.8, 4) is 17.1 Å². The van der Waals surface area contributed by atoms with Crippen LogP contribution in [0.1, 0.15) is 33.4 Å². The zero-order chi connectivity index (χ0) is 23.0. The molecule has 0 saturated carbocycles. The lowest BCUT2D eigenvalue weighted by atomic mass is 10.1. The Labute approximate surface area is 181 Å². The van der Waals surface area contributed by atoms with Crippen LogP contribution in [0.15, 0.2) is 69.7 Å². The zero-order valence-corrected chi connectivity index (χ0v) is 16.6. The van der Waals surface area contributed by atoms with E-state index in [4.69, 9.17) is 14.6 Å². The third kappa shape index (κ3) is 3.74. The van der Waals surface area contributed by atoms with E-state index in [1.165, 1.54) is 42.5 Å². The highest BCUT2D eigenvalue weighted by molar-refractivity contribution is 6.32. The van der Waals surface area contributed by atoms with Gasteiger partial charge in [-0.1, -0.05) is 12.1 Å². The average Bonchev–Trinajstić information content (AvgIpc) is 3.34. The molecule has 32 heavy (non-hydrogen) atoms. The molecular weight excluding hydrogens is 416 g/mol. The SMILES string of the molecule is CC1=NN(c2cccc(C(=O)O)c2)C(=O)/C1=C\c1ccc(-c2ccc(C(=O)O)c(O)c2)o1. The molecule has 4 rings (SSSR count). The number of benzene rings is 2. The lowest BCUT2D eigenvalue weighted by Gasteiger charge is -2.12. The first-order valence-electron chi connectivity index (χ1n) is 9.36. The Balaban J connectivity index is 1.61. The molecule has 9 nitrogen and oxygen atoms in total. The highest BCUT2D eigenvalue weighted by Gasteiger charge is 2.29. The van der Waals surface area contributed by atoms with Crippen LogP contribution < -0.4 is 5.01 Å². The normalized spacial score (nSPS) is 14.7. The van der Waals surface area contributed by atoms with Gasteiger partial charge < -0.3 is 19.7 Å². The number of aromatic hydroxyl groups is 1. The molecular formula is C23H16N2O7. The summed E-state index contributed by atoms with van der Waals surface area (Å²) in [5.41, 5.74) is 1.30. The van der Waals surface area contributed by atoms with E-state index >= 15 is 0 Å². The monoisotopic (exact) mass is 432 g/mol. The number of hydrazone groups is 1. The summed E-state index contributed by atoms with van der Waals surface area (Å²) in [5.74, 6) is -2.46. The second kappa shape index (κ2) is 7.88. The largest absolute Gasteiger partial charge is 0.507 e. The van der Waals surface area contributed by atoms with Gasteiger partial charge in [-0.2, -0.15) is 10.1 Å². The van der Waals surface area contributed by atoms with Gasteiger partial charge in [-0.05, 0) is 55.5 Å². The van der Waals surface area contributed by atoms with Gasteiger partial charge in [0.1, 0.15) is 22.8 Å². The fraction of sp³-hybridized carbons (Fsp3) is 0.0435. The molecule has 0 atom stereocenters. The van der Waals surface area contributed by atoms with Crippen molar-refractivity contribution in [2.24, 2.45) is 5.10 Å². The molecule has 0 fully saturated rings. The number of carbonyl (C=O) groups is 3. The maximum Gasteiger partial charge on any atom is 0.339 e. The Morgan fingerprint density at radius 1 is 1.03 bits per heavy atom. The third-order valence-electron chi connectivity index (χ3n) is 4.83. The number of furan rings is 1. The fourth-order valence-electron chi connectivity index (χ4n) is 3.22. The molecule has 1 amide bonds. The van der Waals surface area contributed by atoms with Crippen LogP contribution in [0, 0.1) is 0 Å². The molecule has 1 aliphatic heterocycles. The zero-order valence-electron chi connectivity index (χ0n) is 16.6. The first-order valence-corrected chi connectivity index (χ1v) is 9.36. The molecule has 0 unspecified atom stereocenters. The molecule has 0 aliphatic carbocycles. The minimum absolute atomic E-state index is 0.0356. The summed E-state index contributed by atoms with van der Waals surface area (Å²) in [7, 11) is 0. The number of nitrogens with zero attached hydrogens (tertiary/aromatic N) is 2. The summed E-state index contributed by atoms with van der Waals surface area (Å²) < 4.78 is 5.74. The fourth-order valence-corrected chi connectivity index (χ4v) is 3.22. The number of hydrogen-bond donors (Lipinski definition) is 3. The summed E-state index contributed by atoms with van der Waals surface area (Å²) in [6.07, 6.45) is 1.51. The highest BCUT2D eigenvalue weighted by atomic mass is 16.4. The molecule has 2 heterocycles. The number of hydrogen-bond acceptors (Lipinski definition) is 6. The van der Waals surface area contributed by atoms with E-state index in [1.54, 1.807) is 25.1 Å². The van der Waals surface area contributed by atoms with Crippen LogP contribution in [0.3, 0.4) is 0 Å². The van der Waals surface area contributed by atoms with Crippen molar-refractivity contribution >= 4 is 35.3 Å². The predicted octanol–water partition coefficient (Wildman–Crippen LogP) is 3.85. The summed E-state index contributed by atoms with van der Waals surface area (Å²) in [5, 5.41) is 33.4. The maximum absolute atomic E-state index is 12.9. The predicted molar refractivity (Wildman–Crippen MR) is 115 cm³/mol. The first-order chi connectivity index (χ1) is 15.2. The topological polar surface area (TPSA) is 141 Å². The average molecular weight is 432 g/mol. The lowest BCUT2D eigenvalue weighted by molar-refractivity contribution is -0.114. The Hall–Kier alpha value is -4.66. The quantitative estimate of drug-likeness (QED) is 0.520. The molecule has 0 radical (unpaired) electrons. The number of anilines is 1. The van der Waals surface area contributed by atoms with Crippen LogP contribution in [0.2, 0.25) is 0 Å². The Morgan fingerprint density at radius 3 is 2.50 bits per heavy atom. The maximum atomic E-state index is 12.9. The number of amides is 1. The van der Waals surface area contributed by atoms with Crippen molar-refractivity contribution in [3.63, 3.8) is 0 Å². The third-order valence-corrected chi connectivity index (χ3v) is 4.83. The Kier molecular flexibility index (Phi) is 5.07. The molecule has 9 heteroatoms. The molecule has 160 valence electrons. The molecule has 2 aromatic carbocycles. The summed E-state index contributed by atoms with van der Waals surface area (Å²) in [6, 6.07) is 13.2. The van der Waals surface area contributed by atoms with E-state index in [0.29, 0.717) is 28.5 Å². The van der Waals surface area contributed by atoms with Crippen LogP contribution >= 0.6 is 0 Å². The van der Waals surface area contributed by atoms with Gasteiger partial charge in [-0.25, -0.2) is 9.59 Å². The Bertz CT molecular complexity index is 1330. The summed E-state index contributed by atoms with van der Waals surface area (Å²) in [6.45, 7) is 1.65. The smallest absolute Gasteiger partial charge is 0.339 e. The van der Waals surface area contributed by atoms with Crippen molar-refractivity contribution in [1.82, 2.24) is 0 Å². The van der Waals surface area contributed by atoms with E-state index in [9.17, 15) is 19.5 Å². The van der Waals surface area contributed by atoms with E-state index in [0.717, 1.165) is 5.01 Å². The summed E-state index contributed by atoms with van der Waals surface area (Å²) in [4.78, 5) is 35.1. The van der Waals surface area contributed by atoms with Crippen molar-refractivity contribution in [1.29, 1.82) is 0 Å².